The smallest absolute Gasteiger partial charge is 0.258 e. The van der Waals surface area contributed by atoms with E-state index >= 15 is 0 Å². The molecule has 0 spiro atoms. The lowest BCUT2D eigenvalue weighted by Crippen LogP contribution is -2.30. The molecule has 0 bridgehead atoms. The lowest BCUT2D eigenvalue weighted by atomic mass is 9.83. The normalized spacial score (nSPS) is 17.3. The van der Waals surface area contributed by atoms with Crippen molar-refractivity contribution in [3.63, 3.8) is 0 Å². The molecular formula is C26H33N3O. The van der Waals surface area contributed by atoms with E-state index in [0.29, 0.717) is 17.1 Å². The molecule has 1 aromatic heterocycles. The lowest BCUT2D eigenvalue weighted by Gasteiger charge is -2.28. The number of hydrogen-bond acceptors (Lipinski definition) is 3. The Hall–Kier alpha value is -2.46. The van der Waals surface area contributed by atoms with E-state index in [1.54, 1.807) is 0 Å². The van der Waals surface area contributed by atoms with Crippen LogP contribution in [0.4, 0.5) is 0 Å². The monoisotopic (exact) mass is 403 g/mol. The summed E-state index contributed by atoms with van der Waals surface area (Å²) in [5, 5.41) is 4.34. The van der Waals surface area contributed by atoms with Gasteiger partial charge in [-0.25, -0.2) is 4.98 Å². The van der Waals surface area contributed by atoms with Crippen molar-refractivity contribution < 1.29 is 0 Å². The third-order valence-corrected chi connectivity index (χ3v) is 6.51. The van der Waals surface area contributed by atoms with Gasteiger partial charge in [0.25, 0.3) is 5.56 Å². The van der Waals surface area contributed by atoms with Gasteiger partial charge >= 0.3 is 0 Å². The van der Waals surface area contributed by atoms with Gasteiger partial charge in [0, 0.05) is 6.04 Å². The van der Waals surface area contributed by atoms with Crippen molar-refractivity contribution in [2.24, 2.45) is 5.92 Å². The molecule has 4 nitrogen and oxygen atoms in total. The SMILES string of the molecule is CC(C)[C@H](N[C@@H](C)c1nc2ccccc2c(=O)[nH]1)c1ccc(C2CCCCC2)cc1. The van der Waals surface area contributed by atoms with Crippen LogP contribution >= 0.6 is 0 Å². The first-order valence-corrected chi connectivity index (χ1v) is 11.4. The molecule has 158 valence electrons. The van der Waals surface area contributed by atoms with E-state index in [2.05, 4.69) is 55.3 Å². The molecule has 1 aliphatic rings. The second-order valence-corrected chi connectivity index (χ2v) is 9.08. The fourth-order valence-electron chi connectivity index (χ4n) is 4.74. The van der Waals surface area contributed by atoms with E-state index in [1.807, 2.05) is 24.3 Å². The number of nitrogens with one attached hydrogen (secondary N) is 2. The Morgan fingerprint density at radius 2 is 1.67 bits per heavy atom. The molecule has 0 aliphatic heterocycles. The summed E-state index contributed by atoms with van der Waals surface area (Å²) < 4.78 is 0. The molecule has 3 aromatic rings. The molecule has 1 heterocycles. The summed E-state index contributed by atoms with van der Waals surface area (Å²) >= 11 is 0. The molecule has 4 heteroatoms. The maximum absolute atomic E-state index is 12.5. The number of aromatic nitrogens is 2. The summed E-state index contributed by atoms with van der Waals surface area (Å²) in [7, 11) is 0. The molecule has 0 unspecified atom stereocenters. The first-order valence-electron chi connectivity index (χ1n) is 11.4. The summed E-state index contributed by atoms with van der Waals surface area (Å²) in [6, 6.07) is 16.8. The van der Waals surface area contributed by atoms with Gasteiger partial charge in [-0.1, -0.05) is 69.5 Å². The molecule has 4 rings (SSSR count). The standard InChI is InChI=1S/C26H33N3O/c1-17(2)24(21-15-13-20(14-16-21)19-9-5-4-6-10-19)27-18(3)25-28-23-12-8-7-11-22(23)26(30)29-25/h7-8,11-19,24,27H,4-6,9-10H2,1-3H3,(H,28,29,30)/t18-,24-/m0/s1. The summed E-state index contributed by atoms with van der Waals surface area (Å²) in [4.78, 5) is 20.1. The van der Waals surface area contributed by atoms with Gasteiger partial charge in [0.1, 0.15) is 5.82 Å². The molecule has 1 aliphatic carbocycles. The van der Waals surface area contributed by atoms with Crippen LogP contribution in [-0.4, -0.2) is 9.97 Å². The highest BCUT2D eigenvalue weighted by atomic mass is 16.1. The second kappa shape index (κ2) is 9.13. The zero-order chi connectivity index (χ0) is 21.1. The van der Waals surface area contributed by atoms with Crippen LogP contribution in [-0.2, 0) is 0 Å². The Kier molecular flexibility index (Phi) is 6.33. The van der Waals surface area contributed by atoms with E-state index in [9.17, 15) is 4.79 Å². The van der Waals surface area contributed by atoms with E-state index in [0.717, 1.165) is 11.4 Å². The number of fused-ring (bicyclic) bond motifs is 1. The first kappa shape index (κ1) is 20.8. The molecule has 0 radical (unpaired) electrons. The number of aromatic amines is 1. The van der Waals surface area contributed by atoms with Crippen molar-refractivity contribution in [1.82, 2.24) is 15.3 Å². The lowest BCUT2D eigenvalue weighted by molar-refractivity contribution is 0.367. The number of rotatable bonds is 6. The van der Waals surface area contributed by atoms with E-state index < -0.39 is 0 Å². The largest absolute Gasteiger partial charge is 0.309 e. The molecule has 2 N–H and O–H groups in total. The number of nitrogens with zero attached hydrogens (tertiary/aromatic N) is 1. The fraction of sp³-hybridized carbons (Fsp3) is 0.462. The van der Waals surface area contributed by atoms with E-state index in [1.165, 1.54) is 43.2 Å². The molecule has 30 heavy (non-hydrogen) atoms. The van der Waals surface area contributed by atoms with Crippen molar-refractivity contribution in [3.05, 3.63) is 75.8 Å². The maximum atomic E-state index is 12.5. The Morgan fingerprint density at radius 3 is 2.37 bits per heavy atom. The van der Waals surface area contributed by atoms with Gasteiger partial charge in [0.15, 0.2) is 0 Å². The van der Waals surface area contributed by atoms with Gasteiger partial charge in [-0.15, -0.1) is 0 Å². The van der Waals surface area contributed by atoms with Gasteiger partial charge in [0.2, 0.25) is 0 Å². The zero-order valence-electron chi connectivity index (χ0n) is 18.3. The molecule has 1 saturated carbocycles. The van der Waals surface area contributed by atoms with Crippen LogP contribution in [0.2, 0.25) is 0 Å². The molecule has 0 amide bonds. The quantitative estimate of drug-likeness (QED) is 0.529. The van der Waals surface area contributed by atoms with Crippen molar-refractivity contribution in [2.45, 2.75) is 70.9 Å². The highest BCUT2D eigenvalue weighted by Gasteiger charge is 2.21. The van der Waals surface area contributed by atoms with Crippen LogP contribution in [0.1, 0.15) is 87.8 Å². The van der Waals surface area contributed by atoms with Crippen LogP contribution in [0.15, 0.2) is 53.3 Å². The van der Waals surface area contributed by atoms with Gasteiger partial charge < -0.3 is 10.3 Å². The van der Waals surface area contributed by atoms with Crippen LogP contribution in [0, 0.1) is 5.92 Å². The van der Waals surface area contributed by atoms with E-state index in [-0.39, 0.29) is 17.6 Å². The van der Waals surface area contributed by atoms with Crippen LogP contribution in [0.25, 0.3) is 10.9 Å². The van der Waals surface area contributed by atoms with Gasteiger partial charge in [0.05, 0.1) is 16.9 Å². The minimum absolute atomic E-state index is 0.0623. The van der Waals surface area contributed by atoms with Crippen molar-refractivity contribution in [1.29, 1.82) is 0 Å². The number of para-hydroxylation sites is 1. The number of benzene rings is 2. The maximum Gasteiger partial charge on any atom is 0.258 e. The molecule has 0 saturated heterocycles. The highest BCUT2D eigenvalue weighted by molar-refractivity contribution is 5.77. The van der Waals surface area contributed by atoms with Gasteiger partial charge in [-0.05, 0) is 54.9 Å². The zero-order valence-corrected chi connectivity index (χ0v) is 18.3. The minimum Gasteiger partial charge on any atom is -0.309 e. The molecular weight excluding hydrogens is 370 g/mol. The third kappa shape index (κ3) is 4.49. The Labute approximate surface area is 179 Å². The second-order valence-electron chi connectivity index (χ2n) is 9.08. The first-order chi connectivity index (χ1) is 14.5. The third-order valence-electron chi connectivity index (χ3n) is 6.51. The Bertz CT molecular complexity index is 1030. The topological polar surface area (TPSA) is 57.8 Å². The van der Waals surface area contributed by atoms with Crippen molar-refractivity contribution in [3.8, 4) is 0 Å². The summed E-state index contributed by atoms with van der Waals surface area (Å²) in [6.07, 6.45) is 6.75. The number of hydrogen-bond donors (Lipinski definition) is 2. The molecule has 1 fully saturated rings. The Balaban J connectivity index is 1.54. The Morgan fingerprint density at radius 1 is 0.967 bits per heavy atom. The number of H-pyrrole nitrogens is 1. The van der Waals surface area contributed by atoms with E-state index in [4.69, 9.17) is 4.98 Å². The van der Waals surface area contributed by atoms with Crippen LogP contribution in [0.3, 0.4) is 0 Å². The summed E-state index contributed by atoms with van der Waals surface area (Å²) in [5.74, 6) is 1.83. The highest BCUT2D eigenvalue weighted by Crippen LogP contribution is 2.34. The summed E-state index contributed by atoms with van der Waals surface area (Å²) in [5.41, 5.74) is 3.43. The molecule has 2 aromatic carbocycles. The summed E-state index contributed by atoms with van der Waals surface area (Å²) in [6.45, 7) is 6.53. The predicted molar refractivity (Wildman–Crippen MR) is 124 cm³/mol. The average molecular weight is 404 g/mol. The predicted octanol–water partition coefficient (Wildman–Crippen LogP) is 6.02. The van der Waals surface area contributed by atoms with Crippen LogP contribution in [0.5, 0.6) is 0 Å². The minimum atomic E-state index is -0.0813. The van der Waals surface area contributed by atoms with Gasteiger partial charge in [-0.2, -0.15) is 0 Å². The van der Waals surface area contributed by atoms with Gasteiger partial charge in [-0.3, -0.25) is 4.79 Å². The fourth-order valence-corrected chi connectivity index (χ4v) is 4.74. The molecule has 2 atom stereocenters. The van der Waals surface area contributed by atoms with Crippen molar-refractivity contribution >= 4 is 10.9 Å². The average Bonchev–Trinajstić information content (AvgIpc) is 2.78. The van der Waals surface area contributed by atoms with Crippen LogP contribution < -0.4 is 10.9 Å². The van der Waals surface area contributed by atoms with Crippen molar-refractivity contribution in [2.75, 3.05) is 0 Å².